The Morgan fingerprint density at radius 2 is 1.61 bits per heavy atom. The van der Waals surface area contributed by atoms with Crippen LogP contribution in [0, 0.1) is 0 Å². The average molecular weight is 482 g/mol. The van der Waals surface area contributed by atoms with Crippen LogP contribution in [0.3, 0.4) is 0 Å². The van der Waals surface area contributed by atoms with Crippen LogP contribution in [0.25, 0.3) is 6.08 Å². The number of ether oxygens (including phenoxy) is 2. The maximum absolute atomic E-state index is 12.6. The van der Waals surface area contributed by atoms with Crippen molar-refractivity contribution in [2.24, 2.45) is 0 Å². The molecule has 0 aliphatic carbocycles. The molecule has 3 aromatic carbocycles. The number of anilines is 2. The van der Waals surface area contributed by atoms with Gasteiger partial charge in [-0.25, -0.2) is 4.68 Å². The van der Waals surface area contributed by atoms with E-state index in [9.17, 15) is 4.79 Å². The van der Waals surface area contributed by atoms with Gasteiger partial charge in [0.05, 0.1) is 26.3 Å². The molecule has 8 nitrogen and oxygen atoms in total. The molecule has 2 N–H and O–H groups in total. The summed E-state index contributed by atoms with van der Waals surface area (Å²) in [6, 6.07) is 25.6. The molecule has 1 aliphatic rings. The van der Waals surface area contributed by atoms with Gasteiger partial charge in [-0.05, 0) is 53.5 Å². The van der Waals surface area contributed by atoms with Crippen molar-refractivity contribution in [3.8, 4) is 11.5 Å². The van der Waals surface area contributed by atoms with Gasteiger partial charge in [-0.3, -0.25) is 10.1 Å². The second-order valence-electron chi connectivity index (χ2n) is 8.43. The van der Waals surface area contributed by atoms with E-state index >= 15 is 0 Å². The number of nitrogens with zero attached hydrogens (tertiary/aromatic N) is 3. The molecule has 0 radical (unpaired) electrons. The van der Waals surface area contributed by atoms with E-state index in [1.165, 1.54) is 11.6 Å². The predicted octanol–water partition coefficient (Wildman–Crippen LogP) is 5.09. The highest BCUT2D eigenvalue weighted by Crippen LogP contribution is 2.38. The monoisotopic (exact) mass is 481 g/mol. The molecular formula is C28H27N5O3. The van der Waals surface area contributed by atoms with Crippen LogP contribution in [-0.4, -0.2) is 34.9 Å². The van der Waals surface area contributed by atoms with E-state index in [4.69, 9.17) is 9.47 Å². The summed E-state index contributed by atoms with van der Waals surface area (Å²) in [7, 11) is 3.27. The molecule has 0 spiro atoms. The summed E-state index contributed by atoms with van der Waals surface area (Å²) < 4.78 is 12.3. The van der Waals surface area contributed by atoms with Crippen LogP contribution in [0.4, 0.5) is 11.9 Å². The first-order valence-electron chi connectivity index (χ1n) is 11.7. The molecule has 1 aromatic heterocycles. The average Bonchev–Trinajstić information content (AvgIpc) is 3.34. The number of hydrogen-bond acceptors (Lipinski definition) is 6. The van der Waals surface area contributed by atoms with Gasteiger partial charge < -0.3 is 14.8 Å². The third kappa shape index (κ3) is 5.07. The summed E-state index contributed by atoms with van der Waals surface area (Å²) in [5.41, 5.74) is 3.13. The van der Waals surface area contributed by atoms with Crippen molar-refractivity contribution in [3.63, 3.8) is 0 Å². The Bertz CT molecular complexity index is 1350. The topological polar surface area (TPSA) is 90.3 Å². The van der Waals surface area contributed by atoms with Gasteiger partial charge in [-0.2, -0.15) is 4.98 Å². The molecule has 4 aromatic rings. The quantitative estimate of drug-likeness (QED) is 0.357. The van der Waals surface area contributed by atoms with Gasteiger partial charge in [0.25, 0.3) is 11.9 Å². The van der Waals surface area contributed by atoms with E-state index in [0.29, 0.717) is 5.95 Å². The maximum Gasteiger partial charge on any atom is 0.250 e. The highest BCUT2D eigenvalue weighted by atomic mass is 16.5. The number of fused-ring (bicyclic) bond motifs is 1. The zero-order valence-electron chi connectivity index (χ0n) is 20.1. The van der Waals surface area contributed by atoms with Gasteiger partial charge in [0, 0.05) is 6.08 Å². The first-order chi connectivity index (χ1) is 17.6. The third-order valence-electron chi connectivity index (χ3n) is 6.17. The standard InChI is InChI=1S/C28H27N5O3/c1-35-22-13-8-19(9-14-22)10-17-26(34)30-27-31-28-29-24(20-6-4-3-5-7-20)18-25(33(28)32-27)21-11-15-23(36-2)16-12-21/h3-17,24-25H,18H2,1-2H3,(H2,29,30,31,32,34). The van der Waals surface area contributed by atoms with E-state index in [0.717, 1.165) is 29.0 Å². The second kappa shape index (κ2) is 10.4. The highest BCUT2D eigenvalue weighted by Gasteiger charge is 2.31. The zero-order valence-corrected chi connectivity index (χ0v) is 20.1. The van der Waals surface area contributed by atoms with Crippen molar-refractivity contribution in [1.29, 1.82) is 0 Å². The normalized spacial score (nSPS) is 16.7. The molecule has 0 saturated carbocycles. The fourth-order valence-electron chi connectivity index (χ4n) is 4.28. The summed E-state index contributed by atoms with van der Waals surface area (Å²) in [6.07, 6.45) is 3.97. The fraction of sp³-hybridized carbons (Fsp3) is 0.179. The van der Waals surface area contributed by atoms with Crippen LogP contribution in [0.2, 0.25) is 0 Å². The lowest BCUT2D eigenvalue weighted by Gasteiger charge is -2.31. The third-order valence-corrected chi connectivity index (χ3v) is 6.17. The molecular weight excluding hydrogens is 454 g/mol. The van der Waals surface area contributed by atoms with Crippen molar-refractivity contribution in [2.75, 3.05) is 24.9 Å². The van der Waals surface area contributed by atoms with Gasteiger partial charge in [0.15, 0.2) is 0 Å². The Balaban J connectivity index is 1.38. The Kier molecular flexibility index (Phi) is 6.66. The maximum atomic E-state index is 12.6. The van der Waals surface area contributed by atoms with E-state index < -0.39 is 0 Å². The van der Waals surface area contributed by atoms with E-state index in [2.05, 4.69) is 32.8 Å². The Morgan fingerprint density at radius 1 is 0.944 bits per heavy atom. The van der Waals surface area contributed by atoms with Crippen LogP contribution < -0.4 is 20.1 Å². The van der Waals surface area contributed by atoms with Crippen LogP contribution in [0.1, 0.15) is 35.2 Å². The largest absolute Gasteiger partial charge is 0.497 e. The Hall–Kier alpha value is -4.59. The zero-order chi connectivity index (χ0) is 24.9. The lowest BCUT2D eigenvalue weighted by atomic mass is 9.93. The van der Waals surface area contributed by atoms with E-state index in [-0.39, 0.29) is 23.9 Å². The molecule has 0 saturated heterocycles. The molecule has 36 heavy (non-hydrogen) atoms. The molecule has 2 unspecified atom stereocenters. The molecule has 0 fully saturated rings. The summed E-state index contributed by atoms with van der Waals surface area (Å²) in [4.78, 5) is 17.2. The molecule has 1 amide bonds. The van der Waals surface area contributed by atoms with Crippen LogP contribution in [0.5, 0.6) is 11.5 Å². The van der Waals surface area contributed by atoms with Crippen LogP contribution >= 0.6 is 0 Å². The minimum atomic E-state index is -0.311. The minimum Gasteiger partial charge on any atom is -0.497 e. The van der Waals surface area contributed by atoms with Crippen LogP contribution in [-0.2, 0) is 4.79 Å². The summed E-state index contributed by atoms with van der Waals surface area (Å²) in [6.45, 7) is 0. The Morgan fingerprint density at radius 3 is 2.28 bits per heavy atom. The number of methoxy groups -OCH3 is 2. The van der Waals surface area contributed by atoms with Crippen molar-refractivity contribution >= 4 is 23.9 Å². The van der Waals surface area contributed by atoms with Crippen LogP contribution in [0.15, 0.2) is 84.9 Å². The van der Waals surface area contributed by atoms with Crippen molar-refractivity contribution in [2.45, 2.75) is 18.5 Å². The molecule has 1 aliphatic heterocycles. The van der Waals surface area contributed by atoms with Crippen molar-refractivity contribution < 1.29 is 14.3 Å². The van der Waals surface area contributed by atoms with Crippen molar-refractivity contribution in [3.05, 3.63) is 102 Å². The number of carbonyl (C=O) groups is 1. The number of aromatic nitrogens is 3. The minimum absolute atomic E-state index is 0.0496. The SMILES string of the molecule is COc1ccc(C=CC(=O)Nc2nc3n(n2)C(c2ccc(OC)cc2)CC(c2ccccc2)N3)cc1. The predicted molar refractivity (Wildman–Crippen MR) is 139 cm³/mol. The van der Waals surface area contributed by atoms with Crippen molar-refractivity contribution in [1.82, 2.24) is 14.8 Å². The summed E-state index contributed by atoms with van der Waals surface area (Å²) >= 11 is 0. The molecule has 8 heteroatoms. The van der Waals surface area contributed by atoms with Gasteiger partial charge in [0.1, 0.15) is 11.5 Å². The second-order valence-corrected chi connectivity index (χ2v) is 8.43. The molecule has 2 atom stereocenters. The number of nitrogens with one attached hydrogen (secondary N) is 2. The fourth-order valence-corrected chi connectivity index (χ4v) is 4.28. The number of rotatable bonds is 7. The van der Waals surface area contributed by atoms with Gasteiger partial charge in [-0.1, -0.05) is 54.6 Å². The molecule has 0 bridgehead atoms. The summed E-state index contributed by atoms with van der Waals surface area (Å²) in [5, 5.41) is 10.9. The van der Waals surface area contributed by atoms with Gasteiger partial charge in [0.2, 0.25) is 5.95 Å². The van der Waals surface area contributed by atoms with E-state index in [1.54, 1.807) is 20.3 Å². The smallest absolute Gasteiger partial charge is 0.250 e. The first kappa shape index (κ1) is 23.2. The molecule has 5 rings (SSSR count). The number of benzene rings is 3. The van der Waals surface area contributed by atoms with Gasteiger partial charge >= 0.3 is 0 Å². The van der Waals surface area contributed by atoms with Gasteiger partial charge in [-0.15, -0.1) is 5.10 Å². The Labute approximate surface area is 209 Å². The lowest BCUT2D eigenvalue weighted by molar-refractivity contribution is -0.111. The molecule has 182 valence electrons. The summed E-state index contributed by atoms with van der Waals surface area (Å²) in [5.74, 6) is 2.09. The number of carbonyl (C=O) groups excluding carboxylic acids is 1. The first-order valence-corrected chi connectivity index (χ1v) is 11.7. The molecule has 2 heterocycles. The lowest BCUT2D eigenvalue weighted by Crippen LogP contribution is -2.28. The number of amides is 1. The highest BCUT2D eigenvalue weighted by molar-refractivity contribution is 6.00. The number of hydrogen-bond donors (Lipinski definition) is 2. The van der Waals surface area contributed by atoms with E-state index in [1.807, 2.05) is 71.4 Å².